The maximum Gasteiger partial charge on any atom is 0.0815 e. The van der Waals surface area contributed by atoms with Crippen LogP contribution >= 0.6 is 0 Å². The molecule has 0 aliphatic carbocycles. The minimum atomic E-state index is -0.538. The van der Waals surface area contributed by atoms with E-state index in [2.05, 4.69) is 24.1 Å². The highest BCUT2D eigenvalue weighted by molar-refractivity contribution is 4.88. The Morgan fingerprint density at radius 3 is 2.71 bits per heavy atom. The minimum absolute atomic E-state index is 0.538. The molecule has 17 heavy (non-hydrogen) atoms. The second-order valence-corrected chi connectivity index (χ2v) is 5.79. The number of hydrogen-bond donors (Lipinski definition) is 2. The number of hydrogen-bond acceptors (Lipinski definition) is 4. The SMILES string of the molecule is CC(C)N1CCC(NCC2(O)CCOCC2)C1. The van der Waals surface area contributed by atoms with Crippen molar-refractivity contribution in [2.75, 3.05) is 32.8 Å². The molecule has 0 radical (unpaired) electrons. The van der Waals surface area contributed by atoms with Crippen molar-refractivity contribution in [1.82, 2.24) is 10.2 Å². The predicted octanol–water partition coefficient (Wildman–Crippen LogP) is 0.600. The highest BCUT2D eigenvalue weighted by Crippen LogP contribution is 2.20. The molecule has 100 valence electrons. The average Bonchev–Trinajstić information content (AvgIpc) is 2.76. The van der Waals surface area contributed by atoms with Crippen LogP contribution in [0.1, 0.15) is 33.1 Å². The van der Waals surface area contributed by atoms with Crippen LogP contribution in [-0.2, 0) is 4.74 Å². The molecule has 2 aliphatic heterocycles. The lowest BCUT2D eigenvalue weighted by atomic mass is 9.94. The molecule has 2 N–H and O–H groups in total. The van der Waals surface area contributed by atoms with Gasteiger partial charge in [-0.25, -0.2) is 0 Å². The summed E-state index contributed by atoms with van der Waals surface area (Å²) in [4.78, 5) is 2.49. The van der Waals surface area contributed by atoms with E-state index in [0.717, 1.165) is 19.4 Å². The number of nitrogens with zero attached hydrogens (tertiary/aromatic N) is 1. The Kier molecular flexibility index (Phi) is 4.42. The van der Waals surface area contributed by atoms with Gasteiger partial charge in [0.25, 0.3) is 0 Å². The second-order valence-electron chi connectivity index (χ2n) is 5.79. The Bertz CT molecular complexity index is 240. The van der Waals surface area contributed by atoms with Gasteiger partial charge in [-0.05, 0) is 26.8 Å². The van der Waals surface area contributed by atoms with E-state index in [1.165, 1.54) is 13.0 Å². The Labute approximate surface area is 104 Å². The first-order chi connectivity index (χ1) is 8.09. The zero-order valence-electron chi connectivity index (χ0n) is 11.1. The van der Waals surface area contributed by atoms with Crippen molar-refractivity contribution >= 4 is 0 Å². The molecular formula is C13H26N2O2. The summed E-state index contributed by atoms with van der Waals surface area (Å²) < 4.78 is 5.29. The van der Waals surface area contributed by atoms with Crippen LogP contribution in [0.25, 0.3) is 0 Å². The van der Waals surface area contributed by atoms with Crippen molar-refractivity contribution in [2.24, 2.45) is 0 Å². The summed E-state index contributed by atoms with van der Waals surface area (Å²) in [6, 6.07) is 1.18. The molecular weight excluding hydrogens is 216 g/mol. The summed E-state index contributed by atoms with van der Waals surface area (Å²) in [6.45, 7) is 8.89. The molecule has 2 heterocycles. The van der Waals surface area contributed by atoms with Crippen LogP contribution in [0.3, 0.4) is 0 Å². The van der Waals surface area contributed by atoms with Crippen LogP contribution < -0.4 is 5.32 Å². The van der Waals surface area contributed by atoms with Gasteiger partial charge in [0.2, 0.25) is 0 Å². The molecule has 0 spiro atoms. The monoisotopic (exact) mass is 242 g/mol. The highest BCUT2D eigenvalue weighted by Gasteiger charge is 2.31. The normalized spacial score (nSPS) is 30.0. The third kappa shape index (κ3) is 3.65. The number of ether oxygens (including phenoxy) is 1. The molecule has 4 heteroatoms. The molecule has 0 saturated carbocycles. The van der Waals surface area contributed by atoms with E-state index in [0.29, 0.717) is 31.8 Å². The van der Waals surface area contributed by atoms with Gasteiger partial charge in [0.1, 0.15) is 0 Å². The first-order valence-electron chi connectivity index (χ1n) is 6.87. The summed E-state index contributed by atoms with van der Waals surface area (Å²) in [5.74, 6) is 0. The minimum Gasteiger partial charge on any atom is -0.388 e. The van der Waals surface area contributed by atoms with Crippen LogP contribution in [0.2, 0.25) is 0 Å². The van der Waals surface area contributed by atoms with Crippen LogP contribution in [-0.4, -0.2) is 60.5 Å². The standard InChI is InChI=1S/C13H26N2O2/c1-11(2)15-6-3-12(9-15)14-10-13(16)4-7-17-8-5-13/h11-12,14,16H,3-10H2,1-2H3. The second kappa shape index (κ2) is 5.65. The smallest absolute Gasteiger partial charge is 0.0815 e. The summed E-state index contributed by atoms with van der Waals surface area (Å²) in [5, 5.41) is 13.9. The number of aliphatic hydroxyl groups is 1. The third-order valence-corrected chi connectivity index (χ3v) is 4.09. The Hall–Kier alpha value is -0.160. The van der Waals surface area contributed by atoms with Gasteiger partial charge in [0, 0.05) is 51.2 Å². The molecule has 2 aliphatic rings. The molecule has 0 amide bonds. The van der Waals surface area contributed by atoms with Crippen molar-refractivity contribution in [1.29, 1.82) is 0 Å². The zero-order valence-corrected chi connectivity index (χ0v) is 11.1. The molecule has 0 aromatic carbocycles. The van der Waals surface area contributed by atoms with E-state index in [1.807, 2.05) is 0 Å². The van der Waals surface area contributed by atoms with Crippen LogP contribution in [0.5, 0.6) is 0 Å². The van der Waals surface area contributed by atoms with Crippen molar-refractivity contribution in [3.05, 3.63) is 0 Å². The van der Waals surface area contributed by atoms with Crippen molar-refractivity contribution in [2.45, 2.75) is 50.8 Å². The van der Waals surface area contributed by atoms with Gasteiger partial charge in [-0.1, -0.05) is 0 Å². The molecule has 2 rings (SSSR count). The van der Waals surface area contributed by atoms with E-state index in [9.17, 15) is 5.11 Å². The van der Waals surface area contributed by atoms with Crippen molar-refractivity contribution in [3.63, 3.8) is 0 Å². The van der Waals surface area contributed by atoms with Crippen molar-refractivity contribution < 1.29 is 9.84 Å². The lowest BCUT2D eigenvalue weighted by Crippen LogP contribution is -2.48. The van der Waals surface area contributed by atoms with E-state index in [1.54, 1.807) is 0 Å². The van der Waals surface area contributed by atoms with Crippen molar-refractivity contribution in [3.8, 4) is 0 Å². The number of rotatable bonds is 4. The fourth-order valence-corrected chi connectivity index (χ4v) is 2.69. The summed E-state index contributed by atoms with van der Waals surface area (Å²) >= 11 is 0. The number of nitrogens with one attached hydrogen (secondary N) is 1. The van der Waals surface area contributed by atoms with E-state index in [4.69, 9.17) is 4.74 Å². The Morgan fingerprint density at radius 1 is 1.41 bits per heavy atom. The van der Waals surface area contributed by atoms with Crippen LogP contribution in [0.4, 0.5) is 0 Å². The van der Waals surface area contributed by atoms with E-state index >= 15 is 0 Å². The lowest BCUT2D eigenvalue weighted by molar-refractivity contribution is -0.0626. The average molecular weight is 242 g/mol. The fourth-order valence-electron chi connectivity index (χ4n) is 2.69. The van der Waals surface area contributed by atoms with Gasteiger partial charge in [0.15, 0.2) is 0 Å². The molecule has 0 bridgehead atoms. The Balaban J connectivity index is 1.72. The van der Waals surface area contributed by atoms with Gasteiger partial charge >= 0.3 is 0 Å². The largest absolute Gasteiger partial charge is 0.388 e. The van der Waals surface area contributed by atoms with E-state index < -0.39 is 5.60 Å². The molecule has 0 aromatic rings. The van der Waals surface area contributed by atoms with Gasteiger partial charge in [-0.2, -0.15) is 0 Å². The summed E-state index contributed by atoms with van der Waals surface area (Å²) in [7, 11) is 0. The first kappa shape index (κ1) is 13.3. The van der Waals surface area contributed by atoms with Gasteiger partial charge in [-0.15, -0.1) is 0 Å². The molecule has 4 nitrogen and oxygen atoms in total. The maximum absolute atomic E-state index is 10.4. The molecule has 2 saturated heterocycles. The molecule has 1 atom stereocenters. The lowest BCUT2D eigenvalue weighted by Gasteiger charge is -2.33. The van der Waals surface area contributed by atoms with Gasteiger partial charge in [-0.3, -0.25) is 4.90 Å². The number of likely N-dealkylation sites (tertiary alicyclic amines) is 1. The van der Waals surface area contributed by atoms with Gasteiger partial charge in [0.05, 0.1) is 5.60 Å². The van der Waals surface area contributed by atoms with Gasteiger partial charge < -0.3 is 15.2 Å². The Morgan fingerprint density at radius 2 is 2.12 bits per heavy atom. The quantitative estimate of drug-likeness (QED) is 0.758. The maximum atomic E-state index is 10.4. The molecule has 0 aromatic heterocycles. The molecule has 2 fully saturated rings. The first-order valence-corrected chi connectivity index (χ1v) is 6.87. The summed E-state index contributed by atoms with van der Waals surface area (Å²) in [5.41, 5.74) is -0.538. The predicted molar refractivity (Wildman–Crippen MR) is 68.1 cm³/mol. The zero-order chi connectivity index (χ0) is 12.3. The topological polar surface area (TPSA) is 44.7 Å². The fraction of sp³-hybridized carbons (Fsp3) is 1.00. The molecule has 1 unspecified atom stereocenters. The highest BCUT2D eigenvalue weighted by atomic mass is 16.5. The summed E-state index contributed by atoms with van der Waals surface area (Å²) in [6.07, 6.45) is 2.73. The van der Waals surface area contributed by atoms with Crippen LogP contribution in [0, 0.1) is 0 Å². The third-order valence-electron chi connectivity index (χ3n) is 4.09. The van der Waals surface area contributed by atoms with Crippen LogP contribution in [0.15, 0.2) is 0 Å². The van der Waals surface area contributed by atoms with E-state index in [-0.39, 0.29) is 0 Å².